The first-order chi connectivity index (χ1) is 12.3. The average Bonchev–Trinajstić information content (AvgIpc) is 2.58. The smallest absolute Gasteiger partial charge is 0.349 e. The van der Waals surface area contributed by atoms with Gasteiger partial charge in [-0.15, -0.1) is 0 Å². The van der Waals surface area contributed by atoms with Crippen molar-refractivity contribution in [2.24, 2.45) is 0 Å². The van der Waals surface area contributed by atoms with Gasteiger partial charge in [0.15, 0.2) is 18.1 Å². The molecular weight excluding hydrogens is 336 g/mol. The summed E-state index contributed by atoms with van der Waals surface area (Å²) in [6.45, 7) is 5.51. The molecule has 140 valence electrons. The molecule has 0 unspecified atom stereocenters. The second kappa shape index (κ2) is 10.1. The Kier molecular flexibility index (Phi) is 8.16. The molecular formula is C19H24N2O5. The van der Waals surface area contributed by atoms with Crippen LogP contribution in [-0.4, -0.2) is 50.2 Å². The van der Waals surface area contributed by atoms with E-state index >= 15 is 0 Å². The van der Waals surface area contributed by atoms with Crippen molar-refractivity contribution in [1.82, 2.24) is 4.90 Å². The van der Waals surface area contributed by atoms with Crippen LogP contribution >= 0.6 is 0 Å². The molecule has 0 fully saturated rings. The van der Waals surface area contributed by atoms with Gasteiger partial charge in [0.1, 0.15) is 11.6 Å². The van der Waals surface area contributed by atoms with Crippen molar-refractivity contribution in [2.45, 2.75) is 26.9 Å². The number of benzene rings is 1. The van der Waals surface area contributed by atoms with Crippen LogP contribution in [0.5, 0.6) is 11.5 Å². The van der Waals surface area contributed by atoms with Crippen LogP contribution in [0.15, 0.2) is 23.8 Å². The van der Waals surface area contributed by atoms with E-state index in [0.29, 0.717) is 23.7 Å². The first-order valence-corrected chi connectivity index (χ1v) is 8.21. The molecule has 0 saturated heterocycles. The number of carbonyl (C=O) groups is 2. The Labute approximate surface area is 153 Å². The van der Waals surface area contributed by atoms with E-state index in [0.717, 1.165) is 0 Å². The monoisotopic (exact) mass is 360 g/mol. The summed E-state index contributed by atoms with van der Waals surface area (Å²) < 4.78 is 16.1. The number of hydrogen-bond acceptors (Lipinski definition) is 6. The van der Waals surface area contributed by atoms with Gasteiger partial charge in [-0.25, -0.2) is 4.79 Å². The summed E-state index contributed by atoms with van der Waals surface area (Å²) in [5, 5.41) is 9.18. The lowest BCUT2D eigenvalue weighted by atomic mass is 10.1. The zero-order valence-electron chi connectivity index (χ0n) is 15.7. The Bertz CT molecular complexity index is 717. The normalized spacial score (nSPS) is 10.9. The minimum absolute atomic E-state index is 0.113. The van der Waals surface area contributed by atoms with Gasteiger partial charge in [0.25, 0.3) is 5.91 Å². The highest BCUT2D eigenvalue weighted by Gasteiger charge is 2.14. The van der Waals surface area contributed by atoms with Gasteiger partial charge in [-0.3, -0.25) is 4.79 Å². The van der Waals surface area contributed by atoms with Crippen molar-refractivity contribution in [1.29, 1.82) is 5.26 Å². The van der Waals surface area contributed by atoms with Crippen molar-refractivity contribution >= 4 is 18.0 Å². The highest BCUT2D eigenvalue weighted by Crippen LogP contribution is 2.29. The molecule has 0 bridgehead atoms. The lowest BCUT2D eigenvalue weighted by molar-refractivity contribution is -0.142. The summed E-state index contributed by atoms with van der Waals surface area (Å²) >= 11 is 0. The molecule has 26 heavy (non-hydrogen) atoms. The number of esters is 1. The third-order valence-corrected chi connectivity index (χ3v) is 3.11. The number of likely N-dealkylation sites (N-methyl/N-ethyl adjacent to an activating group) is 1. The Balaban J connectivity index is 3.06. The van der Waals surface area contributed by atoms with Crippen LogP contribution in [0, 0.1) is 11.3 Å². The average molecular weight is 360 g/mol. The van der Waals surface area contributed by atoms with Crippen molar-refractivity contribution in [3.05, 3.63) is 29.3 Å². The molecule has 0 spiro atoms. The maximum Gasteiger partial charge on any atom is 0.349 e. The maximum atomic E-state index is 11.9. The van der Waals surface area contributed by atoms with Crippen LogP contribution in [0.2, 0.25) is 0 Å². The summed E-state index contributed by atoms with van der Waals surface area (Å²) in [6.07, 6.45) is 1.10. The van der Waals surface area contributed by atoms with Crippen LogP contribution < -0.4 is 9.47 Å². The van der Waals surface area contributed by atoms with Crippen molar-refractivity contribution in [2.75, 3.05) is 27.3 Å². The summed E-state index contributed by atoms with van der Waals surface area (Å²) in [5.41, 5.74) is 0.467. The van der Waals surface area contributed by atoms with Crippen LogP contribution in [-0.2, 0) is 14.3 Å². The van der Waals surface area contributed by atoms with E-state index in [2.05, 4.69) is 0 Å². The fraction of sp³-hybridized carbons (Fsp3) is 0.421. The molecule has 0 aromatic heterocycles. The molecule has 1 aromatic rings. The largest absolute Gasteiger partial charge is 0.490 e. The Hall–Kier alpha value is -3.01. The maximum absolute atomic E-state index is 11.9. The van der Waals surface area contributed by atoms with Crippen molar-refractivity contribution in [3.8, 4) is 17.6 Å². The topological polar surface area (TPSA) is 88.9 Å². The van der Waals surface area contributed by atoms with Crippen LogP contribution in [0.25, 0.3) is 6.08 Å². The molecule has 0 N–H and O–H groups in total. The Morgan fingerprint density at radius 1 is 1.23 bits per heavy atom. The minimum atomic E-state index is -0.683. The van der Waals surface area contributed by atoms with Gasteiger partial charge < -0.3 is 19.1 Å². The second-order valence-corrected chi connectivity index (χ2v) is 5.84. The highest BCUT2D eigenvalue weighted by atomic mass is 16.5. The standard InChI is InChI=1S/C19H24N2O5/c1-6-24-17-10-14(9-15(11-20)19(23)26-13(2)3)7-8-16(17)25-12-18(22)21(4)5/h7-10,13H,6,12H2,1-5H3/b15-9+. The molecule has 0 aliphatic heterocycles. The molecule has 0 heterocycles. The van der Waals surface area contributed by atoms with E-state index in [1.54, 1.807) is 46.1 Å². The molecule has 0 saturated carbocycles. The summed E-state index contributed by atoms with van der Waals surface area (Å²) in [5.74, 6) is -0.0400. The molecule has 0 aliphatic rings. The molecule has 7 heteroatoms. The van der Waals surface area contributed by atoms with Crippen LogP contribution in [0.1, 0.15) is 26.3 Å². The third kappa shape index (κ3) is 6.48. The van der Waals surface area contributed by atoms with E-state index < -0.39 is 5.97 Å². The lowest BCUT2D eigenvalue weighted by Gasteiger charge is -2.14. The van der Waals surface area contributed by atoms with Gasteiger partial charge in [-0.2, -0.15) is 5.26 Å². The third-order valence-electron chi connectivity index (χ3n) is 3.11. The van der Waals surface area contributed by atoms with Gasteiger partial charge in [0.05, 0.1) is 12.7 Å². The molecule has 1 aromatic carbocycles. The molecule has 1 rings (SSSR count). The van der Waals surface area contributed by atoms with E-state index in [4.69, 9.17) is 14.2 Å². The number of ether oxygens (including phenoxy) is 3. The number of nitrogens with zero attached hydrogens (tertiary/aromatic N) is 2. The zero-order chi connectivity index (χ0) is 19.7. The molecule has 7 nitrogen and oxygen atoms in total. The van der Waals surface area contributed by atoms with E-state index in [9.17, 15) is 14.9 Å². The van der Waals surface area contributed by atoms with E-state index in [1.807, 2.05) is 13.0 Å². The first kappa shape index (κ1) is 21.0. The lowest BCUT2D eigenvalue weighted by Crippen LogP contribution is -2.27. The van der Waals surface area contributed by atoms with Crippen LogP contribution in [0.4, 0.5) is 0 Å². The molecule has 0 aliphatic carbocycles. The quantitative estimate of drug-likeness (QED) is 0.402. The van der Waals surface area contributed by atoms with Gasteiger partial charge in [0, 0.05) is 14.1 Å². The van der Waals surface area contributed by atoms with Gasteiger partial charge in [0.2, 0.25) is 0 Å². The number of rotatable bonds is 8. The van der Waals surface area contributed by atoms with Gasteiger partial charge >= 0.3 is 5.97 Å². The first-order valence-electron chi connectivity index (χ1n) is 8.21. The summed E-state index contributed by atoms with van der Waals surface area (Å²) in [7, 11) is 3.28. The predicted molar refractivity (Wildman–Crippen MR) is 96.6 cm³/mol. The minimum Gasteiger partial charge on any atom is -0.490 e. The molecule has 0 radical (unpaired) electrons. The Morgan fingerprint density at radius 2 is 1.92 bits per heavy atom. The highest BCUT2D eigenvalue weighted by molar-refractivity contribution is 5.98. The number of amides is 1. The van der Waals surface area contributed by atoms with Gasteiger partial charge in [-0.1, -0.05) is 6.07 Å². The van der Waals surface area contributed by atoms with Crippen molar-refractivity contribution in [3.63, 3.8) is 0 Å². The number of nitriles is 1. The summed E-state index contributed by atoms with van der Waals surface area (Å²) in [6, 6.07) is 6.77. The fourth-order valence-electron chi connectivity index (χ4n) is 1.85. The molecule has 1 amide bonds. The zero-order valence-corrected chi connectivity index (χ0v) is 15.7. The van der Waals surface area contributed by atoms with E-state index in [-0.39, 0.29) is 24.2 Å². The SMILES string of the molecule is CCOc1cc(/C=C(\C#N)C(=O)OC(C)C)ccc1OCC(=O)N(C)C. The van der Waals surface area contributed by atoms with Gasteiger partial charge in [-0.05, 0) is 44.5 Å². The Morgan fingerprint density at radius 3 is 2.46 bits per heavy atom. The second-order valence-electron chi connectivity index (χ2n) is 5.84. The summed E-state index contributed by atoms with van der Waals surface area (Å²) in [4.78, 5) is 25.0. The van der Waals surface area contributed by atoms with E-state index in [1.165, 1.54) is 11.0 Å². The number of carbonyl (C=O) groups excluding carboxylic acids is 2. The fourth-order valence-corrected chi connectivity index (χ4v) is 1.85. The van der Waals surface area contributed by atoms with Crippen LogP contribution in [0.3, 0.4) is 0 Å². The predicted octanol–water partition coefficient (Wildman–Crippen LogP) is 2.41. The van der Waals surface area contributed by atoms with Crippen molar-refractivity contribution < 1.29 is 23.8 Å². The number of hydrogen-bond donors (Lipinski definition) is 0. The molecule has 0 atom stereocenters.